The van der Waals surface area contributed by atoms with Crippen LogP contribution in [0.2, 0.25) is 0 Å². The van der Waals surface area contributed by atoms with Crippen molar-refractivity contribution in [2.75, 3.05) is 105 Å². The molecule has 0 spiro atoms. The fraction of sp³-hybridized carbons (Fsp3) is 0.979. The van der Waals surface area contributed by atoms with Gasteiger partial charge in [-0.25, -0.2) is 4.67 Å². The highest BCUT2D eigenvalue weighted by Gasteiger charge is 2.33. The van der Waals surface area contributed by atoms with Gasteiger partial charge in [0, 0.05) is 81.3 Å². The van der Waals surface area contributed by atoms with Gasteiger partial charge in [-0.1, -0.05) is 111 Å². The Bertz CT molecular complexity index is 1690. The van der Waals surface area contributed by atoms with E-state index in [-0.39, 0.29) is 22.8 Å². The maximum absolute atomic E-state index is 12.8. The molecule has 72 heavy (non-hydrogen) atoms. The molecule has 0 aliphatic heterocycles. The molecule has 0 N–H and O–H groups in total. The average Bonchev–Trinajstić information content (AvgIpc) is 3.21. The molecule has 0 saturated heterocycles. The minimum atomic E-state index is -3.73. The second kappa shape index (κ2) is 42.0. The molecule has 0 aromatic rings. The highest BCUT2D eigenvalue weighted by molar-refractivity contribution is 8.56. The zero-order valence-electron chi connectivity index (χ0n) is 49.3. The summed E-state index contributed by atoms with van der Waals surface area (Å²) >= 11 is 2.95. The van der Waals surface area contributed by atoms with E-state index >= 15 is 0 Å². The molecule has 7 unspecified atom stereocenters. The van der Waals surface area contributed by atoms with Crippen LogP contribution >= 0.6 is 66.0 Å². The van der Waals surface area contributed by atoms with Gasteiger partial charge in [-0.3, -0.25) is 32.3 Å². The van der Waals surface area contributed by atoms with Gasteiger partial charge >= 0.3 is 15.2 Å². The maximum Gasteiger partial charge on any atom is 0.370 e. The van der Waals surface area contributed by atoms with Crippen LogP contribution in [0, 0.1) is 22.4 Å². The Morgan fingerprint density at radius 2 is 1.04 bits per heavy atom. The number of hydrogen-bond donors (Lipinski definition) is 0. The van der Waals surface area contributed by atoms with E-state index in [4.69, 9.17) is 23.4 Å². The van der Waals surface area contributed by atoms with Crippen LogP contribution in [0.25, 0.3) is 0 Å². The Hall–Kier alpha value is 1.08. The molecule has 1 saturated carbocycles. The fourth-order valence-electron chi connectivity index (χ4n) is 5.86. The van der Waals surface area contributed by atoms with Crippen LogP contribution < -0.4 is 0 Å². The van der Waals surface area contributed by atoms with Gasteiger partial charge < -0.3 is 23.0 Å². The van der Waals surface area contributed by atoms with Crippen molar-refractivity contribution in [1.29, 1.82) is 5.26 Å². The summed E-state index contributed by atoms with van der Waals surface area (Å²) in [5.41, 5.74) is -0.855. The molecule has 0 aromatic carbocycles. The van der Waals surface area contributed by atoms with Gasteiger partial charge in [-0.2, -0.15) is 17.9 Å². The van der Waals surface area contributed by atoms with Crippen LogP contribution in [0.15, 0.2) is 0 Å². The van der Waals surface area contributed by atoms with Gasteiger partial charge in [0.1, 0.15) is 0 Å². The molecule has 0 heterocycles. The average molecular weight is 1200 g/mol. The largest absolute Gasteiger partial charge is 0.370 e. The van der Waals surface area contributed by atoms with Gasteiger partial charge in [0.2, 0.25) is 14.9 Å². The number of hydrogen-bond acceptors (Lipinski definition) is 15. The predicted octanol–water partition coefficient (Wildman–Crippen LogP) is 18.0. The van der Waals surface area contributed by atoms with E-state index in [0.29, 0.717) is 37.8 Å². The Balaban J connectivity index is -0.000000256. The zero-order chi connectivity index (χ0) is 58.0. The molecule has 1 fully saturated rings. The standard InChI is InChI=1S/C13H30NO2PS.C11H26NO2PS.C7H14FO2P.C7H16FOP.C5H11N2O2P.C4H10FOP/c1-6-8-14(9-7-2)10-11-18-17(5,15)16-12-13(3)4;1-7-14-15(6,13)16-9-8-12(10(2)3)11(4)5;1-11(8,9)10-7-5-3-2-4-6-7;1-6(7(2,3)4)10(5,8)9;1-4-9-10(8,5-6)7(2)3;1-4(2)7(3,5)6/h13H,6-12H2,1-5H3;10-11H,7-9H2,1-6H3;7H,2-6H2,1H3;6H,1-5H3;4H2,1-3H3;4H,1-3H3. The molecule has 14 nitrogen and oxygen atoms in total. The normalized spacial score (nSPS) is 18.6. The molecule has 0 radical (unpaired) electrons. The number of halogens is 3. The highest BCUT2D eigenvalue weighted by atomic mass is 32.7. The van der Waals surface area contributed by atoms with Crippen molar-refractivity contribution in [2.45, 2.75) is 185 Å². The first-order valence-electron chi connectivity index (χ1n) is 25.5. The van der Waals surface area contributed by atoms with E-state index < -0.39 is 43.2 Å². The van der Waals surface area contributed by atoms with E-state index in [1.54, 1.807) is 60.9 Å². The number of nitriles is 1. The summed E-state index contributed by atoms with van der Waals surface area (Å²) in [4.78, 5) is 4.84. The van der Waals surface area contributed by atoms with Crippen LogP contribution in [0.3, 0.4) is 0 Å². The summed E-state index contributed by atoms with van der Waals surface area (Å²) in [5.74, 6) is 3.84. The Labute approximate surface area is 448 Å². The molecule has 0 bridgehead atoms. The Morgan fingerprint density at radius 3 is 1.31 bits per heavy atom. The maximum atomic E-state index is 12.8. The van der Waals surface area contributed by atoms with Gasteiger partial charge in [-0.15, -0.1) is 0 Å². The molecule has 1 aliphatic carbocycles. The van der Waals surface area contributed by atoms with E-state index in [2.05, 4.69) is 65.2 Å². The Kier molecular flexibility index (Phi) is 47.8. The van der Waals surface area contributed by atoms with Crippen molar-refractivity contribution in [3.8, 4) is 5.81 Å². The third kappa shape index (κ3) is 50.6. The second-order valence-electron chi connectivity index (χ2n) is 20.5. The van der Waals surface area contributed by atoms with Crippen molar-refractivity contribution in [2.24, 2.45) is 11.3 Å². The SMILES string of the molecule is CC(C(C)(C)C)P(C)(=O)F.CC(C)P(C)(=O)F.CCCN(CCC)CCSP(C)(=O)OCC(C)C.CCOP(=O)(C#N)N(C)C.CCOP(C)(=O)SCCN(C(C)C)C(C)C.CP(=O)(F)OC1CCCCC1. The summed E-state index contributed by atoms with van der Waals surface area (Å²) in [6.07, 6.45) is 7.33. The van der Waals surface area contributed by atoms with Crippen molar-refractivity contribution in [3.63, 3.8) is 0 Å². The van der Waals surface area contributed by atoms with Gasteiger partial charge in [0.05, 0.1) is 25.9 Å². The summed E-state index contributed by atoms with van der Waals surface area (Å²) in [7, 11) is -10.4. The monoisotopic (exact) mass is 1190 g/mol. The minimum Gasteiger partial charge on any atom is -0.322 e. The first-order chi connectivity index (χ1) is 32.4. The quantitative estimate of drug-likeness (QED) is 0.0748. The van der Waals surface area contributed by atoms with Gasteiger partial charge in [-0.05, 0) is 106 Å². The molecule has 0 aromatic heterocycles. The lowest BCUT2D eigenvalue weighted by Crippen LogP contribution is -2.38. The first-order valence-corrected chi connectivity index (χ1v) is 40.6. The number of nitrogens with zero attached hydrogens (tertiary/aromatic N) is 4. The molecule has 1 rings (SSSR count). The van der Waals surface area contributed by atoms with Crippen molar-refractivity contribution in [1.82, 2.24) is 14.5 Å². The summed E-state index contributed by atoms with van der Waals surface area (Å²) in [6, 6.07) is 1.06. The lowest BCUT2D eigenvalue weighted by Gasteiger charge is -2.30. The van der Waals surface area contributed by atoms with Crippen LogP contribution in [0.5, 0.6) is 0 Å². The second-order valence-corrected chi connectivity index (χ2v) is 40.3. The van der Waals surface area contributed by atoms with Crippen LogP contribution in [0.4, 0.5) is 12.6 Å². The first kappa shape index (κ1) is 81.9. The molecular weight excluding hydrogens is 1090 g/mol. The third-order valence-electron chi connectivity index (χ3n) is 10.5. The van der Waals surface area contributed by atoms with Crippen LogP contribution in [0.1, 0.15) is 156 Å². The van der Waals surface area contributed by atoms with E-state index in [1.165, 1.54) is 53.4 Å². The van der Waals surface area contributed by atoms with Gasteiger partial charge in [0.25, 0.3) is 13.1 Å². The van der Waals surface area contributed by atoms with Crippen LogP contribution in [-0.4, -0.2) is 149 Å². The number of rotatable bonds is 26. The highest BCUT2D eigenvalue weighted by Crippen LogP contribution is 2.57. The topological polar surface area (TPSA) is 173 Å². The third-order valence-corrected chi connectivity index (χ3v) is 24.7. The predicted molar refractivity (Wildman–Crippen MR) is 313 cm³/mol. The molecule has 0 amide bonds. The molecule has 7 atom stereocenters. The molecule has 25 heteroatoms. The summed E-state index contributed by atoms with van der Waals surface area (Å²) < 4.78 is 126. The van der Waals surface area contributed by atoms with Crippen molar-refractivity contribution >= 4 is 66.0 Å². The summed E-state index contributed by atoms with van der Waals surface area (Å²) in [6.45, 7) is 39.1. The van der Waals surface area contributed by atoms with E-state index in [0.717, 1.165) is 76.7 Å². The Morgan fingerprint density at radius 1 is 0.639 bits per heavy atom. The smallest absolute Gasteiger partial charge is 0.322 e. The lowest BCUT2D eigenvalue weighted by molar-refractivity contribution is 0.148. The van der Waals surface area contributed by atoms with Crippen LogP contribution in [-0.2, 0) is 45.5 Å². The van der Waals surface area contributed by atoms with E-state index in [1.807, 2.05) is 27.7 Å². The van der Waals surface area contributed by atoms with Gasteiger partial charge in [0.15, 0.2) is 5.81 Å². The van der Waals surface area contributed by atoms with E-state index in [9.17, 15) is 40.0 Å². The lowest BCUT2D eigenvalue weighted by atomic mass is 9.93. The summed E-state index contributed by atoms with van der Waals surface area (Å²) in [5, 5.41) is 8.41. The van der Waals surface area contributed by atoms with Crippen molar-refractivity contribution < 1.29 is 58.1 Å². The molecule has 438 valence electrons. The van der Waals surface area contributed by atoms with Crippen molar-refractivity contribution in [3.05, 3.63) is 0 Å². The minimum absolute atomic E-state index is 0.0930. The zero-order valence-corrected chi connectivity index (χ0v) is 56.3. The fourth-order valence-corrected chi connectivity index (χ4v) is 14.7. The molecule has 1 aliphatic rings. The molecular formula is C47H107F3N4O10P6S2.